The highest BCUT2D eigenvalue weighted by Crippen LogP contribution is 2.27. The van der Waals surface area contributed by atoms with Gasteiger partial charge in [0, 0.05) is 6.92 Å². The summed E-state index contributed by atoms with van der Waals surface area (Å²) in [6.07, 6.45) is 0. The lowest BCUT2D eigenvalue weighted by atomic mass is 10.3. The predicted octanol–water partition coefficient (Wildman–Crippen LogP) is 3.55. The highest BCUT2D eigenvalue weighted by atomic mass is 16.5. The molecule has 1 N–H and O–H groups in total. The van der Waals surface area contributed by atoms with E-state index in [1.165, 1.54) is 13.8 Å². The van der Waals surface area contributed by atoms with Crippen molar-refractivity contribution < 1.29 is 14.6 Å². The van der Waals surface area contributed by atoms with Gasteiger partial charge < -0.3 is 9.84 Å². The maximum Gasteiger partial charge on any atom is 0.183 e. The molecular weight excluding hydrogens is 232 g/mol. The number of carbonyl (C=O) groups excluding carboxylic acids is 1. The molecule has 0 aliphatic heterocycles. The van der Waals surface area contributed by atoms with Crippen LogP contribution in [-0.4, -0.2) is 17.5 Å². The molecule has 5 nitrogen and oxygen atoms in total. The van der Waals surface area contributed by atoms with E-state index in [-0.39, 0.29) is 17.2 Å². The SMILES string of the molecule is CCOc1ccccc1N=NC(C(C)=O)=C(C)O. The van der Waals surface area contributed by atoms with E-state index in [0.29, 0.717) is 18.0 Å². The van der Waals surface area contributed by atoms with E-state index in [1.807, 2.05) is 13.0 Å². The van der Waals surface area contributed by atoms with Crippen molar-refractivity contribution in [3.63, 3.8) is 0 Å². The van der Waals surface area contributed by atoms with Gasteiger partial charge in [-0.1, -0.05) is 12.1 Å². The molecular formula is C13H16N2O3. The van der Waals surface area contributed by atoms with Gasteiger partial charge in [-0.25, -0.2) is 0 Å². The number of para-hydroxylation sites is 1. The average molecular weight is 248 g/mol. The Kier molecular flexibility index (Phi) is 5.05. The lowest BCUT2D eigenvalue weighted by Crippen LogP contribution is -1.96. The standard InChI is InChI=1S/C13H16N2O3/c1-4-18-12-8-6-5-7-11(12)14-15-13(9(2)16)10(3)17/h5-8,16H,4H2,1-3H3. The molecule has 1 aromatic carbocycles. The highest BCUT2D eigenvalue weighted by molar-refractivity contribution is 5.93. The summed E-state index contributed by atoms with van der Waals surface area (Å²) in [6.45, 7) is 5.10. The minimum atomic E-state index is -0.340. The molecule has 0 saturated heterocycles. The molecule has 96 valence electrons. The molecule has 0 atom stereocenters. The van der Waals surface area contributed by atoms with Crippen LogP contribution in [0, 0.1) is 0 Å². The molecule has 0 radical (unpaired) electrons. The number of benzene rings is 1. The number of nitrogens with zero attached hydrogens (tertiary/aromatic N) is 2. The van der Waals surface area contributed by atoms with Gasteiger partial charge in [0.25, 0.3) is 0 Å². The van der Waals surface area contributed by atoms with E-state index in [9.17, 15) is 9.90 Å². The number of ether oxygens (including phenoxy) is 1. The zero-order valence-electron chi connectivity index (χ0n) is 10.7. The fourth-order valence-electron chi connectivity index (χ4n) is 1.32. The molecule has 1 aromatic rings. The zero-order chi connectivity index (χ0) is 13.5. The molecule has 0 saturated carbocycles. The Hall–Kier alpha value is -2.17. The van der Waals surface area contributed by atoms with Crippen LogP contribution >= 0.6 is 0 Å². The minimum Gasteiger partial charge on any atom is -0.510 e. The summed E-state index contributed by atoms with van der Waals surface area (Å²) in [7, 11) is 0. The summed E-state index contributed by atoms with van der Waals surface area (Å²) in [5.74, 6) is 0.0926. The molecule has 0 fully saturated rings. The summed E-state index contributed by atoms with van der Waals surface area (Å²) >= 11 is 0. The van der Waals surface area contributed by atoms with E-state index in [1.54, 1.807) is 18.2 Å². The van der Waals surface area contributed by atoms with E-state index in [2.05, 4.69) is 10.2 Å². The Balaban J connectivity index is 3.03. The van der Waals surface area contributed by atoms with Gasteiger partial charge in [0.1, 0.15) is 17.2 Å². The Bertz CT molecular complexity index is 489. The summed E-state index contributed by atoms with van der Waals surface area (Å²) in [5, 5.41) is 17.0. The largest absolute Gasteiger partial charge is 0.510 e. The number of azo groups is 1. The van der Waals surface area contributed by atoms with Crippen molar-refractivity contribution in [1.82, 2.24) is 0 Å². The van der Waals surface area contributed by atoms with Gasteiger partial charge in [0.2, 0.25) is 0 Å². The van der Waals surface area contributed by atoms with Crippen molar-refractivity contribution in [3.05, 3.63) is 35.7 Å². The minimum absolute atomic E-state index is 0.0544. The van der Waals surface area contributed by atoms with Gasteiger partial charge in [-0.05, 0) is 26.0 Å². The number of allylic oxidation sites excluding steroid dienone is 2. The Morgan fingerprint density at radius 1 is 1.33 bits per heavy atom. The maximum absolute atomic E-state index is 11.2. The second-order valence-electron chi connectivity index (χ2n) is 3.59. The molecule has 5 heteroatoms. The van der Waals surface area contributed by atoms with Gasteiger partial charge in [0.05, 0.1) is 6.61 Å². The van der Waals surface area contributed by atoms with Crippen molar-refractivity contribution in [2.75, 3.05) is 6.61 Å². The van der Waals surface area contributed by atoms with Crippen molar-refractivity contribution in [3.8, 4) is 5.75 Å². The number of carbonyl (C=O) groups is 1. The normalized spacial score (nSPS) is 12.4. The predicted molar refractivity (Wildman–Crippen MR) is 68.1 cm³/mol. The first kappa shape index (κ1) is 13.9. The number of Topliss-reactive ketones (excluding diaryl/α,β-unsaturated/α-hetero) is 1. The third-order valence-electron chi connectivity index (χ3n) is 2.10. The molecule has 0 aliphatic carbocycles. The number of hydrogen-bond donors (Lipinski definition) is 1. The Labute approximate surface area is 106 Å². The van der Waals surface area contributed by atoms with Crippen LogP contribution in [0.25, 0.3) is 0 Å². The van der Waals surface area contributed by atoms with Crippen LogP contribution in [0.1, 0.15) is 20.8 Å². The summed E-state index contributed by atoms with van der Waals surface area (Å²) in [5.41, 5.74) is 0.459. The quantitative estimate of drug-likeness (QED) is 0.492. The van der Waals surface area contributed by atoms with Crippen LogP contribution in [0.3, 0.4) is 0 Å². The van der Waals surface area contributed by atoms with Crippen LogP contribution < -0.4 is 4.74 Å². The summed E-state index contributed by atoms with van der Waals surface area (Å²) < 4.78 is 5.37. The number of rotatable bonds is 5. The highest BCUT2D eigenvalue weighted by Gasteiger charge is 2.07. The second kappa shape index (κ2) is 6.54. The van der Waals surface area contributed by atoms with E-state index < -0.39 is 0 Å². The number of hydrogen-bond acceptors (Lipinski definition) is 5. The molecule has 0 aliphatic rings. The van der Waals surface area contributed by atoms with Gasteiger partial charge in [-0.15, -0.1) is 10.2 Å². The van der Waals surface area contributed by atoms with Crippen molar-refractivity contribution in [1.29, 1.82) is 0 Å². The van der Waals surface area contributed by atoms with Crippen molar-refractivity contribution in [2.24, 2.45) is 10.2 Å². The second-order valence-corrected chi connectivity index (χ2v) is 3.59. The number of aliphatic hydroxyl groups excluding tert-OH is 1. The number of ketones is 1. The average Bonchev–Trinajstić information content (AvgIpc) is 2.31. The fraction of sp³-hybridized carbons (Fsp3) is 0.308. The molecule has 0 unspecified atom stereocenters. The lowest BCUT2D eigenvalue weighted by Gasteiger charge is -2.05. The Morgan fingerprint density at radius 3 is 2.56 bits per heavy atom. The third kappa shape index (κ3) is 3.69. The van der Waals surface area contributed by atoms with Crippen LogP contribution in [0.15, 0.2) is 46.0 Å². The molecule has 1 rings (SSSR count). The smallest absolute Gasteiger partial charge is 0.183 e. The molecule has 0 spiro atoms. The maximum atomic E-state index is 11.2. The van der Waals surface area contributed by atoms with Crippen molar-refractivity contribution in [2.45, 2.75) is 20.8 Å². The number of aliphatic hydroxyl groups is 1. The molecule has 0 bridgehead atoms. The first-order chi connectivity index (χ1) is 8.56. The third-order valence-corrected chi connectivity index (χ3v) is 2.10. The van der Waals surface area contributed by atoms with E-state index in [4.69, 9.17) is 4.74 Å². The Morgan fingerprint density at radius 2 is 2.00 bits per heavy atom. The van der Waals surface area contributed by atoms with Crippen molar-refractivity contribution >= 4 is 11.5 Å². The van der Waals surface area contributed by atoms with Crippen LogP contribution in [0.4, 0.5) is 5.69 Å². The van der Waals surface area contributed by atoms with Crippen LogP contribution in [0.2, 0.25) is 0 Å². The lowest BCUT2D eigenvalue weighted by molar-refractivity contribution is -0.113. The van der Waals surface area contributed by atoms with Gasteiger partial charge in [-0.2, -0.15) is 0 Å². The fourth-order valence-corrected chi connectivity index (χ4v) is 1.32. The molecule has 0 aromatic heterocycles. The first-order valence-electron chi connectivity index (χ1n) is 5.60. The summed E-state index contributed by atoms with van der Waals surface area (Å²) in [6, 6.07) is 7.10. The van der Waals surface area contributed by atoms with E-state index >= 15 is 0 Å². The van der Waals surface area contributed by atoms with E-state index in [0.717, 1.165) is 0 Å². The first-order valence-corrected chi connectivity index (χ1v) is 5.60. The van der Waals surface area contributed by atoms with Crippen LogP contribution in [0.5, 0.6) is 5.75 Å². The summed E-state index contributed by atoms with van der Waals surface area (Å²) in [4.78, 5) is 11.2. The molecule has 18 heavy (non-hydrogen) atoms. The van der Waals surface area contributed by atoms with Gasteiger partial charge in [0.15, 0.2) is 11.5 Å². The van der Waals surface area contributed by atoms with Gasteiger partial charge in [-0.3, -0.25) is 4.79 Å². The monoisotopic (exact) mass is 248 g/mol. The zero-order valence-corrected chi connectivity index (χ0v) is 10.7. The molecule has 0 amide bonds. The topological polar surface area (TPSA) is 71.2 Å². The van der Waals surface area contributed by atoms with Crippen LogP contribution in [-0.2, 0) is 4.79 Å². The van der Waals surface area contributed by atoms with Gasteiger partial charge >= 0.3 is 0 Å². The molecule has 0 heterocycles.